The van der Waals surface area contributed by atoms with Crippen LogP contribution in [0, 0.1) is 18.8 Å². The van der Waals surface area contributed by atoms with E-state index in [2.05, 4.69) is 51.1 Å². The van der Waals surface area contributed by atoms with E-state index in [9.17, 15) is 4.79 Å². The Morgan fingerprint density at radius 1 is 1.00 bits per heavy atom. The Labute approximate surface area is 183 Å². The largest absolute Gasteiger partial charge is 0.294 e. The number of aryl methyl sites for hydroxylation is 2. The number of ketones is 1. The first-order chi connectivity index (χ1) is 14.5. The van der Waals surface area contributed by atoms with E-state index >= 15 is 0 Å². The highest BCUT2D eigenvalue weighted by Gasteiger charge is 2.25. The van der Waals surface area contributed by atoms with Gasteiger partial charge in [-0.25, -0.2) is 0 Å². The number of hydrogen-bond acceptors (Lipinski definition) is 1. The molecule has 30 heavy (non-hydrogen) atoms. The van der Waals surface area contributed by atoms with E-state index in [1.54, 1.807) is 0 Å². The summed E-state index contributed by atoms with van der Waals surface area (Å²) < 4.78 is 0. The van der Waals surface area contributed by atoms with Gasteiger partial charge in [-0.1, -0.05) is 88.4 Å². The summed E-state index contributed by atoms with van der Waals surface area (Å²) in [5, 5.41) is 0. The molecule has 4 rings (SSSR count). The molecule has 0 spiro atoms. The fraction of sp³-hybridized carbons (Fsp3) is 0.552. The second-order valence-electron chi connectivity index (χ2n) is 10.2. The van der Waals surface area contributed by atoms with Crippen LogP contribution in [0.25, 0.3) is 0 Å². The Bertz CT molecular complexity index is 856. The first-order valence-electron chi connectivity index (χ1n) is 12.2. The highest BCUT2D eigenvalue weighted by atomic mass is 16.1. The fourth-order valence-electron chi connectivity index (χ4n) is 5.82. The Kier molecular flexibility index (Phi) is 6.76. The molecule has 1 heteroatoms. The van der Waals surface area contributed by atoms with Crippen LogP contribution in [-0.4, -0.2) is 5.78 Å². The van der Waals surface area contributed by atoms with Crippen molar-refractivity contribution in [1.29, 1.82) is 0 Å². The van der Waals surface area contributed by atoms with Crippen molar-refractivity contribution in [2.75, 3.05) is 0 Å². The van der Waals surface area contributed by atoms with Gasteiger partial charge in [0.2, 0.25) is 0 Å². The molecule has 2 aromatic carbocycles. The van der Waals surface area contributed by atoms with Gasteiger partial charge in [0, 0.05) is 11.5 Å². The molecule has 3 unspecified atom stereocenters. The molecular weight excluding hydrogens is 364 g/mol. The van der Waals surface area contributed by atoms with Crippen molar-refractivity contribution in [3.8, 4) is 0 Å². The molecule has 0 amide bonds. The molecular formula is C29H38O. The molecule has 0 radical (unpaired) electrons. The third-order valence-electron chi connectivity index (χ3n) is 7.88. The molecule has 0 N–H and O–H groups in total. The summed E-state index contributed by atoms with van der Waals surface area (Å²) >= 11 is 0. The summed E-state index contributed by atoms with van der Waals surface area (Å²) in [4.78, 5) is 13.1. The number of hydrogen-bond donors (Lipinski definition) is 0. The second kappa shape index (κ2) is 9.50. The van der Waals surface area contributed by atoms with Gasteiger partial charge in [-0.2, -0.15) is 0 Å². The van der Waals surface area contributed by atoms with Gasteiger partial charge in [-0.15, -0.1) is 0 Å². The summed E-state index contributed by atoms with van der Waals surface area (Å²) in [7, 11) is 0. The van der Waals surface area contributed by atoms with E-state index in [0.717, 1.165) is 29.4 Å². The van der Waals surface area contributed by atoms with Crippen LogP contribution in [0.4, 0.5) is 0 Å². The average molecular weight is 403 g/mol. The number of carbonyl (C=O) groups excluding carboxylic acids is 1. The molecule has 1 nitrogen and oxygen atoms in total. The van der Waals surface area contributed by atoms with E-state index in [1.807, 2.05) is 12.1 Å². The van der Waals surface area contributed by atoms with Gasteiger partial charge in [0.25, 0.3) is 0 Å². The fourth-order valence-corrected chi connectivity index (χ4v) is 5.82. The van der Waals surface area contributed by atoms with Gasteiger partial charge >= 0.3 is 0 Å². The van der Waals surface area contributed by atoms with E-state index < -0.39 is 0 Å². The molecule has 3 atom stereocenters. The lowest BCUT2D eigenvalue weighted by molar-refractivity contribution is 0.0966. The van der Waals surface area contributed by atoms with Crippen LogP contribution in [-0.2, 0) is 6.42 Å². The van der Waals surface area contributed by atoms with Gasteiger partial charge in [0.05, 0.1) is 0 Å². The molecule has 2 fully saturated rings. The van der Waals surface area contributed by atoms with Crippen LogP contribution in [0.5, 0.6) is 0 Å². The summed E-state index contributed by atoms with van der Waals surface area (Å²) in [6.45, 7) is 6.64. The Morgan fingerprint density at radius 2 is 1.73 bits per heavy atom. The van der Waals surface area contributed by atoms with Crippen molar-refractivity contribution in [3.63, 3.8) is 0 Å². The minimum Gasteiger partial charge on any atom is -0.294 e. The van der Waals surface area contributed by atoms with Crippen molar-refractivity contribution in [3.05, 3.63) is 70.3 Å². The van der Waals surface area contributed by atoms with Crippen LogP contribution in [0.15, 0.2) is 42.5 Å². The zero-order valence-electron chi connectivity index (χ0n) is 19.1. The number of Topliss-reactive ketones (excluding diaryl/α,β-unsaturated/α-hetero) is 1. The van der Waals surface area contributed by atoms with Crippen LogP contribution in [0.1, 0.15) is 110 Å². The van der Waals surface area contributed by atoms with Gasteiger partial charge in [-0.05, 0) is 72.6 Å². The monoisotopic (exact) mass is 402 g/mol. The zero-order chi connectivity index (χ0) is 21.1. The quantitative estimate of drug-likeness (QED) is 0.429. The maximum Gasteiger partial charge on any atom is 0.170 e. The number of rotatable bonds is 7. The molecule has 160 valence electrons. The predicted molar refractivity (Wildman–Crippen MR) is 126 cm³/mol. The van der Waals surface area contributed by atoms with Gasteiger partial charge in [0.15, 0.2) is 5.78 Å². The molecule has 0 aliphatic heterocycles. The van der Waals surface area contributed by atoms with Crippen molar-refractivity contribution < 1.29 is 4.79 Å². The molecule has 2 aromatic rings. The molecule has 2 aliphatic rings. The Hall–Kier alpha value is -1.89. The standard InChI is InChI=1S/C29H38O/c1-20-8-13-27(18-20)28-17-16-26(19-21(28)2)22(3)29(30)25-14-11-24(12-15-25)10-9-23-6-4-5-7-23/h11-12,14-17,19-20,22-23,27H,4-10,13,18H2,1-3H3. The molecule has 0 saturated heterocycles. The van der Waals surface area contributed by atoms with Crippen molar-refractivity contribution in [2.24, 2.45) is 11.8 Å². The molecule has 0 bridgehead atoms. The Balaban J connectivity index is 1.39. The van der Waals surface area contributed by atoms with Crippen molar-refractivity contribution in [1.82, 2.24) is 0 Å². The van der Waals surface area contributed by atoms with Gasteiger partial charge in [0.1, 0.15) is 0 Å². The lowest BCUT2D eigenvalue weighted by atomic mass is 9.86. The lowest BCUT2D eigenvalue weighted by Crippen LogP contribution is -2.10. The van der Waals surface area contributed by atoms with Crippen LogP contribution >= 0.6 is 0 Å². The molecule has 2 saturated carbocycles. The summed E-state index contributed by atoms with van der Waals surface area (Å²) in [5.41, 5.74) is 6.22. The molecule has 0 aromatic heterocycles. The topological polar surface area (TPSA) is 17.1 Å². The highest BCUT2D eigenvalue weighted by Crippen LogP contribution is 2.39. The SMILES string of the molecule is Cc1cc(C(C)C(=O)c2ccc(CCC3CCCC3)cc2)ccc1C1CCC(C)C1. The smallest absolute Gasteiger partial charge is 0.170 e. The first kappa shape index (κ1) is 21.3. The van der Waals surface area contributed by atoms with E-state index in [-0.39, 0.29) is 11.7 Å². The number of carbonyl (C=O) groups is 1. The van der Waals surface area contributed by atoms with Crippen LogP contribution in [0.2, 0.25) is 0 Å². The normalized spacial score (nSPS) is 23.0. The van der Waals surface area contributed by atoms with Crippen LogP contribution < -0.4 is 0 Å². The third kappa shape index (κ3) is 4.88. The maximum absolute atomic E-state index is 13.1. The summed E-state index contributed by atoms with van der Waals surface area (Å²) in [6, 6.07) is 15.2. The second-order valence-corrected chi connectivity index (χ2v) is 10.2. The minimum absolute atomic E-state index is 0.0930. The summed E-state index contributed by atoms with van der Waals surface area (Å²) in [6.07, 6.45) is 12.1. The third-order valence-corrected chi connectivity index (χ3v) is 7.88. The predicted octanol–water partition coefficient (Wildman–Crippen LogP) is 8.01. The van der Waals surface area contributed by atoms with E-state index in [0.29, 0.717) is 5.92 Å². The lowest BCUT2D eigenvalue weighted by Gasteiger charge is -2.17. The van der Waals surface area contributed by atoms with Gasteiger partial charge in [-0.3, -0.25) is 4.79 Å². The zero-order valence-corrected chi connectivity index (χ0v) is 19.1. The average Bonchev–Trinajstić information content (AvgIpc) is 3.43. The maximum atomic E-state index is 13.1. The van der Waals surface area contributed by atoms with E-state index in [1.165, 1.54) is 68.1 Å². The van der Waals surface area contributed by atoms with Crippen molar-refractivity contribution >= 4 is 5.78 Å². The minimum atomic E-state index is -0.0930. The van der Waals surface area contributed by atoms with E-state index in [4.69, 9.17) is 0 Å². The highest BCUT2D eigenvalue weighted by molar-refractivity contribution is 6.00. The van der Waals surface area contributed by atoms with Gasteiger partial charge < -0.3 is 0 Å². The first-order valence-corrected chi connectivity index (χ1v) is 12.2. The van der Waals surface area contributed by atoms with Crippen LogP contribution in [0.3, 0.4) is 0 Å². The van der Waals surface area contributed by atoms with Crippen molar-refractivity contribution in [2.45, 2.75) is 90.4 Å². The number of benzene rings is 2. The molecule has 2 aliphatic carbocycles. The summed E-state index contributed by atoms with van der Waals surface area (Å²) in [5.74, 6) is 2.61. The Morgan fingerprint density at radius 3 is 2.37 bits per heavy atom. The molecule has 0 heterocycles.